The third kappa shape index (κ3) is 4.06. The zero-order valence-electron chi connectivity index (χ0n) is 17.1. The predicted molar refractivity (Wildman–Crippen MR) is 108 cm³/mol. The Morgan fingerprint density at radius 1 is 1.07 bits per heavy atom. The van der Waals surface area contributed by atoms with Crippen LogP contribution in [0.15, 0.2) is 30.3 Å². The molecule has 1 heterocycles. The fourth-order valence-corrected chi connectivity index (χ4v) is 3.41. The Hall–Kier alpha value is -3.22. The summed E-state index contributed by atoms with van der Waals surface area (Å²) in [7, 11) is 1.54. The number of hydrogen-bond acceptors (Lipinski definition) is 7. The summed E-state index contributed by atoms with van der Waals surface area (Å²) in [5.41, 5.74) is 2.76. The summed E-state index contributed by atoms with van der Waals surface area (Å²) in [5, 5.41) is 0. The van der Waals surface area contributed by atoms with Gasteiger partial charge in [-0.25, -0.2) is 9.59 Å². The van der Waals surface area contributed by atoms with Gasteiger partial charge in [-0.1, -0.05) is 12.1 Å². The van der Waals surface area contributed by atoms with Gasteiger partial charge in [0.15, 0.2) is 18.1 Å². The summed E-state index contributed by atoms with van der Waals surface area (Å²) in [5.74, 6) is 0.945. The Kier molecular flexibility index (Phi) is 5.79. The number of carbonyl (C=O) groups is 2. The Morgan fingerprint density at radius 3 is 2.60 bits per heavy atom. The molecule has 0 radical (unpaired) electrons. The van der Waals surface area contributed by atoms with E-state index >= 15 is 0 Å². The maximum atomic E-state index is 12.2. The molecule has 0 N–H and O–H groups in total. The van der Waals surface area contributed by atoms with E-state index in [1.807, 2.05) is 19.1 Å². The quantitative estimate of drug-likeness (QED) is 0.580. The van der Waals surface area contributed by atoms with Crippen molar-refractivity contribution in [2.45, 2.75) is 26.4 Å². The third-order valence-electron chi connectivity index (χ3n) is 5.13. The standard InChI is InChI=1S/C23H24O7/c1-3-27-22-19(26-2)10-9-16(15-5-4-6-17-18(15)12-30-23(17)25)21(22)29-13-20(24)28-11-14-7-8-14/h4-6,9-10,14H,3,7-8,11-13H2,1-2H3. The molecule has 1 fully saturated rings. The fraction of sp³-hybridized carbons (Fsp3) is 0.391. The van der Waals surface area contributed by atoms with Crippen molar-refractivity contribution in [1.82, 2.24) is 0 Å². The van der Waals surface area contributed by atoms with Gasteiger partial charge in [0.1, 0.15) is 6.61 Å². The van der Waals surface area contributed by atoms with Crippen LogP contribution >= 0.6 is 0 Å². The molecule has 0 atom stereocenters. The third-order valence-corrected chi connectivity index (χ3v) is 5.13. The zero-order valence-corrected chi connectivity index (χ0v) is 17.1. The van der Waals surface area contributed by atoms with Crippen molar-refractivity contribution in [3.05, 3.63) is 41.5 Å². The highest BCUT2D eigenvalue weighted by Gasteiger charge is 2.28. The zero-order chi connectivity index (χ0) is 21.1. The lowest BCUT2D eigenvalue weighted by molar-refractivity contribution is -0.146. The molecule has 30 heavy (non-hydrogen) atoms. The fourth-order valence-electron chi connectivity index (χ4n) is 3.41. The van der Waals surface area contributed by atoms with Gasteiger partial charge in [-0.3, -0.25) is 0 Å². The van der Waals surface area contributed by atoms with Gasteiger partial charge in [-0.05, 0) is 49.4 Å². The van der Waals surface area contributed by atoms with Gasteiger partial charge in [0.05, 0.1) is 25.9 Å². The molecule has 158 valence electrons. The molecule has 2 aromatic rings. The Bertz CT molecular complexity index is 962. The van der Waals surface area contributed by atoms with E-state index in [0.717, 1.165) is 24.0 Å². The number of benzene rings is 2. The van der Waals surface area contributed by atoms with E-state index in [4.69, 9.17) is 23.7 Å². The van der Waals surface area contributed by atoms with E-state index < -0.39 is 5.97 Å². The average molecular weight is 412 g/mol. The summed E-state index contributed by atoms with van der Waals surface area (Å²) < 4.78 is 27.6. The number of fused-ring (bicyclic) bond motifs is 1. The number of esters is 2. The maximum absolute atomic E-state index is 12.2. The Balaban J connectivity index is 1.70. The van der Waals surface area contributed by atoms with E-state index in [2.05, 4.69) is 0 Å². The minimum atomic E-state index is -0.435. The van der Waals surface area contributed by atoms with Gasteiger partial charge in [-0.15, -0.1) is 0 Å². The van der Waals surface area contributed by atoms with Crippen molar-refractivity contribution in [1.29, 1.82) is 0 Å². The number of methoxy groups -OCH3 is 1. The van der Waals surface area contributed by atoms with Gasteiger partial charge in [0.2, 0.25) is 5.75 Å². The molecule has 1 aliphatic carbocycles. The van der Waals surface area contributed by atoms with E-state index in [1.165, 1.54) is 7.11 Å². The van der Waals surface area contributed by atoms with Crippen molar-refractivity contribution < 1.29 is 33.3 Å². The largest absolute Gasteiger partial charge is 0.493 e. The number of hydrogen-bond donors (Lipinski definition) is 0. The van der Waals surface area contributed by atoms with Crippen LogP contribution in [0.2, 0.25) is 0 Å². The molecule has 4 rings (SSSR count). The first kappa shape index (κ1) is 20.1. The maximum Gasteiger partial charge on any atom is 0.344 e. The van der Waals surface area contributed by atoms with Gasteiger partial charge in [-0.2, -0.15) is 0 Å². The molecule has 7 heteroatoms. The average Bonchev–Trinajstić information content (AvgIpc) is 3.52. The first-order valence-electron chi connectivity index (χ1n) is 10.0. The number of carbonyl (C=O) groups excluding carboxylic acids is 2. The normalized spacial score (nSPS) is 14.7. The molecule has 2 aliphatic rings. The predicted octanol–water partition coefficient (Wildman–Crippen LogP) is 3.76. The number of ether oxygens (including phenoxy) is 5. The molecule has 0 bridgehead atoms. The lowest BCUT2D eigenvalue weighted by Crippen LogP contribution is -2.17. The summed E-state index contributed by atoms with van der Waals surface area (Å²) in [6.07, 6.45) is 2.20. The summed E-state index contributed by atoms with van der Waals surface area (Å²) in [6.45, 7) is 2.60. The van der Waals surface area contributed by atoms with Crippen LogP contribution in [0.3, 0.4) is 0 Å². The van der Waals surface area contributed by atoms with Crippen LogP contribution in [0, 0.1) is 5.92 Å². The number of rotatable bonds is 9. The first-order valence-corrected chi connectivity index (χ1v) is 10.0. The topological polar surface area (TPSA) is 80.3 Å². The molecule has 0 aromatic heterocycles. The number of cyclic esters (lactones) is 1. The molecule has 1 saturated carbocycles. The van der Waals surface area contributed by atoms with E-state index in [9.17, 15) is 9.59 Å². The van der Waals surface area contributed by atoms with E-state index in [1.54, 1.807) is 18.2 Å². The van der Waals surface area contributed by atoms with Crippen LogP contribution in [0.25, 0.3) is 11.1 Å². The lowest BCUT2D eigenvalue weighted by atomic mass is 9.95. The lowest BCUT2D eigenvalue weighted by Gasteiger charge is -2.19. The molecule has 7 nitrogen and oxygen atoms in total. The highest BCUT2D eigenvalue weighted by Crippen LogP contribution is 2.46. The second kappa shape index (κ2) is 8.65. The smallest absolute Gasteiger partial charge is 0.344 e. The van der Waals surface area contributed by atoms with E-state index in [0.29, 0.717) is 47.5 Å². The van der Waals surface area contributed by atoms with Crippen molar-refractivity contribution in [3.63, 3.8) is 0 Å². The molecule has 0 unspecified atom stereocenters. The van der Waals surface area contributed by atoms with Crippen molar-refractivity contribution in [2.75, 3.05) is 26.9 Å². The molecular formula is C23H24O7. The highest BCUT2D eigenvalue weighted by atomic mass is 16.6. The summed E-state index contributed by atoms with van der Waals surface area (Å²) in [4.78, 5) is 24.2. The first-order chi connectivity index (χ1) is 14.6. The molecule has 0 saturated heterocycles. The molecular weight excluding hydrogens is 388 g/mol. The van der Waals surface area contributed by atoms with Crippen LogP contribution in [0.5, 0.6) is 17.2 Å². The van der Waals surface area contributed by atoms with E-state index in [-0.39, 0.29) is 19.2 Å². The molecule has 0 spiro atoms. The van der Waals surface area contributed by atoms with Gasteiger partial charge in [0.25, 0.3) is 0 Å². The minimum absolute atomic E-state index is 0.184. The van der Waals surface area contributed by atoms with Crippen molar-refractivity contribution >= 4 is 11.9 Å². The van der Waals surface area contributed by atoms with Crippen LogP contribution in [-0.2, 0) is 20.9 Å². The second-order valence-electron chi connectivity index (χ2n) is 7.23. The monoisotopic (exact) mass is 412 g/mol. The highest BCUT2D eigenvalue weighted by molar-refractivity contribution is 5.96. The summed E-state index contributed by atoms with van der Waals surface area (Å²) in [6, 6.07) is 9.01. The van der Waals surface area contributed by atoms with Crippen LogP contribution in [0.1, 0.15) is 35.7 Å². The molecule has 2 aromatic carbocycles. The van der Waals surface area contributed by atoms with Gasteiger partial charge < -0.3 is 23.7 Å². The van der Waals surface area contributed by atoms with Gasteiger partial charge in [0, 0.05) is 11.1 Å². The summed E-state index contributed by atoms with van der Waals surface area (Å²) >= 11 is 0. The Labute approximate surface area is 174 Å². The van der Waals surface area contributed by atoms with Gasteiger partial charge >= 0.3 is 11.9 Å². The van der Waals surface area contributed by atoms with Crippen molar-refractivity contribution in [3.8, 4) is 28.4 Å². The Morgan fingerprint density at radius 2 is 1.87 bits per heavy atom. The second-order valence-corrected chi connectivity index (χ2v) is 7.23. The minimum Gasteiger partial charge on any atom is -0.493 e. The van der Waals surface area contributed by atoms with Crippen LogP contribution in [-0.4, -0.2) is 38.9 Å². The van der Waals surface area contributed by atoms with Crippen LogP contribution < -0.4 is 14.2 Å². The van der Waals surface area contributed by atoms with Crippen molar-refractivity contribution in [2.24, 2.45) is 5.92 Å². The molecule has 1 aliphatic heterocycles. The van der Waals surface area contributed by atoms with Crippen LogP contribution in [0.4, 0.5) is 0 Å². The SMILES string of the molecule is CCOc1c(OC)ccc(-c2cccc3c2COC3=O)c1OCC(=O)OCC1CC1. The molecule has 0 amide bonds.